The Morgan fingerprint density at radius 2 is 1.86 bits per heavy atom. The molecule has 22 heavy (non-hydrogen) atoms. The zero-order chi connectivity index (χ0) is 14.7. The van der Waals surface area contributed by atoms with Crippen molar-refractivity contribution in [3.05, 3.63) is 11.6 Å². The van der Waals surface area contributed by atoms with Gasteiger partial charge in [0.25, 0.3) is 5.91 Å². The van der Waals surface area contributed by atoms with Gasteiger partial charge in [-0.25, -0.2) is 0 Å². The van der Waals surface area contributed by atoms with E-state index in [0.717, 1.165) is 37.7 Å². The zero-order valence-electron chi connectivity index (χ0n) is 12.9. The fourth-order valence-electron chi connectivity index (χ4n) is 4.26. The number of fused-ring (bicyclic) bond motifs is 2. The van der Waals surface area contributed by atoms with Crippen LogP contribution in [0.1, 0.15) is 48.5 Å². The lowest BCUT2D eigenvalue weighted by Gasteiger charge is -2.34. The monoisotopic (exact) mass is 301 g/mol. The lowest BCUT2D eigenvalue weighted by Crippen LogP contribution is -2.38. The molecule has 0 aromatic carbocycles. The maximum atomic E-state index is 12.3. The van der Waals surface area contributed by atoms with Gasteiger partial charge in [0.1, 0.15) is 5.82 Å². The van der Waals surface area contributed by atoms with E-state index in [2.05, 4.69) is 25.0 Å². The fraction of sp³-hybridized carbons (Fsp3) is 0.812. The van der Waals surface area contributed by atoms with Gasteiger partial charge in [-0.1, -0.05) is 6.42 Å². The molecule has 2 saturated carbocycles. The summed E-state index contributed by atoms with van der Waals surface area (Å²) in [5.41, 5.74) is 0. The van der Waals surface area contributed by atoms with Crippen LogP contribution in [0, 0.1) is 11.8 Å². The SMILES string of the molecule is O=C(NC1CC1)c1nnc2n1C[C@@H]1CN(C3CCC3)C[C@H]1C2. The molecular formula is C16H23N5O. The molecule has 3 heterocycles. The van der Waals surface area contributed by atoms with Crippen LogP contribution in [-0.4, -0.2) is 50.7 Å². The molecule has 118 valence electrons. The first kappa shape index (κ1) is 13.0. The molecule has 0 radical (unpaired) electrons. The maximum Gasteiger partial charge on any atom is 0.289 e. The van der Waals surface area contributed by atoms with Gasteiger partial charge >= 0.3 is 0 Å². The second kappa shape index (κ2) is 4.78. The van der Waals surface area contributed by atoms with Crippen LogP contribution in [0.3, 0.4) is 0 Å². The number of rotatable bonds is 3. The van der Waals surface area contributed by atoms with Gasteiger partial charge in [0, 0.05) is 38.1 Å². The average Bonchev–Trinajstić information content (AvgIpc) is 3.01. The van der Waals surface area contributed by atoms with Gasteiger partial charge in [0.15, 0.2) is 0 Å². The highest BCUT2D eigenvalue weighted by molar-refractivity contribution is 5.91. The first-order chi connectivity index (χ1) is 10.8. The summed E-state index contributed by atoms with van der Waals surface area (Å²) in [7, 11) is 0. The van der Waals surface area contributed by atoms with Crippen molar-refractivity contribution in [1.82, 2.24) is 25.0 Å². The number of aromatic nitrogens is 3. The number of hydrogen-bond acceptors (Lipinski definition) is 4. The largest absolute Gasteiger partial charge is 0.347 e. The summed E-state index contributed by atoms with van der Waals surface area (Å²) >= 11 is 0. The molecule has 4 aliphatic rings. The molecule has 0 bridgehead atoms. The summed E-state index contributed by atoms with van der Waals surface area (Å²) in [6.07, 6.45) is 7.34. The first-order valence-electron chi connectivity index (χ1n) is 8.75. The van der Waals surface area contributed by atoms with Gasteiger partial charge in [-0.3, -0.25) is 9.69 Å². The maximum absolute atomic E-state index is 12.3. The molecule has 2 atom stereocenters. The number of likely N-dealkylation sites (tertiary alicyclic amines) is 1. The van der Waals surface area contributed by atoms with Crippen LogP contribution in [0.4, 0.5) is 0 Å². The number of carbonyl (C=O) groups excluding carboxylic acids is 1. The highest BCUT2D eigenvalue weighted by Crippen LogP contribution is 2.37. The highest BCUT2D eigenvalue weighted by Gasteiger charge is 2.42. The van der Waals surface area contributed by atoms with Crippen LogP contribution in [0.5, 0.6) is 0 Å². The standard InChI is InChI=1S/C16H23N5O/c22-16(17-12-4-5-12)15-19-18-14-6-10-7-20(13-2-1-3-13)8-11(10)9-21(14)15/h10-13H,1-9H2,(H,17,22)/t10-,11+/m1/s1. The molecule has 2 aliphatic carbocycles. The van der Waals surface area contributed by atoms with Crippen molar-refractivity contribution in [3.63, 3.8) is 0 Å². The minimum absolute atomic E-state index is 0.0338. The molecule has 1 aromatic rings. The van der Waals surface area contributed by atoms with Gasteiger partial charge in [-0.15, -0.1) is 10.2 Å². The molecule has 1 amide bonds. The van der Waals surface area contributed by atoms with Crippen LogP contribution in [0.25, 0.3) is 0 Å². The van der Waals surface area contributed by atoms with Crippen molar-refractivity contribution >= 4 is 5.91 Å². The summed E-state index contributed by atoms with van der Waals surface area (Å²) in [6, 6.07) is 1.20. The Morgan fingerprint density at radius 3 is 2.59 bits per heavy atom. The first-order valence-corrected chi connectivity index (χ1v) is 8.75. The molecule has 6 nitrogen and oxygen atoms in total. The Balaban J connectivity index is 1.33. The van der Waals surface area contributed by atoms with E-state index in [1.807, 2.05) is 0 Å². The number of nitrogens with one attached hydrogen (secondary N) is 1. The van der Waals surface area contributed by atoms with E-state index in [1.54, 1.807) is 0 Å². The summed E-state index contributed by atoms with van der Waals surface area (Å²) in [5.74, 6) is 2.88. The van der Waals surface area contributed by atoms with Crippen LogP contribution < -0.4 is 5.32 Å². The Labute approximate surface area is 130 Å². The lowest BCUT2D eigenvalue weighted by molar-refractivity contribution is 0.0932. The third kappa shape index (κ3) is 2.07. The number of carbonyl (C=O) groups is 1. The minimum atomic E-state index is -0.0338. The minimum Gasteiger partial charge on any atom is -0.347 e. The number of hydrogen-bond donors (Lipinski definition) is 1. The molecular weight excluding hydrogens is 278 g/mol. The molecule has 1 aromatic heterocycles. The lowest BCUT2D eigenvalue weighted by atomic mass is 9.89. The van der Waals surface area contributed by atoms with Crippen LogP contribution in [0.2, 0.25) is 0 Å². The Bertz CT molecular complexity index is 604. The van der Waals surface area contributed by atoms with Gasteiger partial charge < -0.3 is 9.88 Å². The zero-order valence-corrected chi connectivity index (χ0v) is 12.9. The van der Waals surface area contributed by atoms with Gasteiger partial charge in [0.05, 0.1) is 0 Å². The predicted octanol–water partition coefficient (Wildman–Crippen LogP) is 0.827. The summed E-state index contributed by atoms with van der Waals surface area (Å²) < 4.78 is 2.09. The van der Waals surface area contributed by atoms with Crippen molar-refractivity contribution in [2.75, 3.05) is 13.1 Å². The third-order valence-corrected chi connectivity index (χ3v) is 6.00. The van der Waals surface area contributed by atoms with Crippen LogP contribution >= 0.6 is 0 Å². The average molecular weight is 301 g/mol. The molecule has 0 spiro atoms. The van der Waals surface area contributed by atoms with Crippen molar-refractivity contribution in [1.29, 1.82) is 0 Å². The summed E-state index contributed by atoms with van der Waals surface area (Å²) in [4.78, 5) is 15.0. The van der Waals surface area contributed by atoms with Gasteiger partial charge in [-0.05, 0) is 37.5 Å². The van der Waals surface area contributed by atoms with Crippen molar-refractivity contribution in [3.8, 4) is 0 Å². The quantitative estimate of drug-likeness (QED) is 0.898. The van der Waals surface area contributed by atoms with E-state index in [0.29, 0.717) is 23.7 Å². The van der Waals surface area contributed by atoms with E-state index in [4.69, 9.17) is 0 Å². The van der Waals surface area contributed by atoms with E-state index in [1.165, 1.54) is 32.4 Å². The second-order valence-electron chi connectivity index (χ2n) is 7.56. The topological polar surface area (TPSA) is 63.1 Å². The van der Waals surface area contributed by atoms with E-state index >= 15 is 0 Å². The number of amides is 1. The molecule has 5 rings (SSSR count). The Hall–Kier alpha value is -1.43. The van der Waals surface area contributed by atoms with Crippen LogP contribution in [-0.2, 0) is 13.0 Å². The molecule has 3 fully saturated rings. The molecule has 1 saturated heterocycles. The molecule has 0 unspecified atom stereocenters. The van der Waals surface area contributed by atoms with Crippen molar-refractivity contribution < 1.29 is 4.79 Å². The van der Waals surface area contributed by atoms with E-state index < -0.39 is 0 Å². The normalized spacial score (nSPS) is 31.5. The van der Waals surface area contributed by atoms with Crippen LogP contribution in [0.15, 0.2) is 0 Å². The second-order valence-corrected chi connectivity index (χ2v) is 7.56. The Morgan fingerprint density at radius 1 is 1.05 bits per heavy atom. The smallest absolute Gasteiger partial charge is 0.289 e. The Kier molecular flexibility index (Phi) is 2.84. The van der Waals surface area contributed by atoms with Crippen molar-refractivity contribution in [2.45, 2.75) is 57.2 Å². The van der Waals surface area contributed by atoms with E-state index in [-0.39, 0.29) is 5.91 Å². The predicted molar refractivity (Wildman–Crippen MR) is 80.4 cm³/mol. The van der Waals surface area contributed by atoms with Crippen molar-refractivity contribution in [2.24, 2.45) is 11.8 Å². The summed E-state index contributed by atoms with van der Waals surface area (Å²) in [5, 5.41) is 11.5. The van der Waals surface area contributed by atoms with Gasteiger partial charge in [-0.2, -0.15) is 0 Å². The summed E-state index contributed by atoms with van der Waals surface area (Å²) in [6.45, 7) is 3.33. The van der Waals surface area contributed by atoms with E-state index in [9.17, 15) is 4.79 Å². The fourth-order valence-corrected chi connectivity index (χ4v) is 4.26. The third-order valence-electron chi connectivity index (χ3n) is 6.00. The number of nitrogens with zero attached hydrogens (tertiary/aromatic N) is 4. The molecule has 1 N–H and O–H groups in total. The highest BCUT2D eigenvalue weighted by atomic mass is 16.2. The molecule has 6 heteroatoms. The van der Waals surface area contributed by atoms with Gasteiger partial charge in [0.2, 0.25) is 5.82 Å². The molecule has 2 aliphatic heterocycles.